The van der Waals surface area contributed by atoms with Crippen LogP contribution in [0.1, 0.15) is 10.4 Å². The number of carbonyl (C=O) groups excluding carboxylic acids is 1. The minimum absolute atomic E-state index is 0.274. The normalized spacial score (nSPS) is 10.8. The van der Waals surface area contributed by atoms with Crippen molar-refractivity contribution in [2.45, 2.75) is 0 Å². The lowest BCUT2D eigenvalue weighted by atomic mass is 10.0. The second-order valence-corrected chi connectivity index (χ2v) is 7.46. The highest BCUT2D eigenvalue weighted by molar-refractivity contribution is 7.22. The van der Waals surface area contributed by atoms with E-state index in [4.69, 9.17) is 16.3 Å². The van der Waals surface area contributed by atoms with E-state index >= 15 is 0 Å². The number of anilines is 2. The zero-order valence-electron chi connectivity index (χ0n) is 14.7. The Morgan fingerprint density at radius 1 is 1.07 bits per heavy atom. The standard InChI is InChI=1S/C21H14ClFN2O2S/c1-27-20(26)16-8-4-13(10-17(16)22)12-2-6-15(7-3-12)24-21-25-18-9-5-14(23)11-19(18)28-21/h2-11H,1H3,(H,24,25). The molecular weight excluding hydrogens is 399 g/mol. The molecule has 1 heterocycles. The number of hydrogen-bond donors (Lipinski definition) is 1. The van der Waals surface area contributed by atoms with Gasteiger partial charge < -0.3 is 10.1 Å². The van der Waals surface area contributed by atoms with Crippen LogP contribution in [0.15, 0.2) is 60.7 Å². The van der Waals surface area contributed by atoms with Crippen LogP contribution >= 0.6 is 22.9 Å². The van der Waals surface area contributed by atoms with Crippen molar-refractivity contribution in [2.75, 3.05) is 12.4 Å². The molecule has 0 aliphatic heterocycles. The summed E-state index contributed by atoms with van der Waals surface area (Å²) in [6, 6.07) is 17.5. The summed E-state index contributed by atoms with van der Waals surface area (Å²) in [5.41, 5.74) is 3.79. The van der Waals surface area contributed by atoms with Crippen LogP contribution < -0.4 is 5.32 Å². The number of fused-ring (bicyclic) bond motifs is 1. The number of thiazole rings is 1. The number of nitrogens with one attached hydrogen (secondary N) is 1. The molecular formula is C21H14ClFN2O2S. The van der Waals surface area contributed by atoms with Gasteiger partial charge in [-0.3, -0.25) is 0 Å². The summed E-state index contributed by atoms with van der Waals surface area (Å²) in [4.78, 5) is 16.1. The summed E-state index contributed by atoms with van der Waals surface area (Å²) in [6.45, 7) is 0. The van der Waals surface area contributed by atoms with E-state index in [1.807, 2.05) is 30.3 Å². The van der Waals surface area contributed by atoms with Gasteiger partial charge in [-0.25, -0.2) is 14.2 Å². The molecule has 4 aromatic rings. The van der Waals surface area contributed by atoms with Crippen LogP contribution in [0.4, 0.5) is 15.2 Å². The number of ether oxygens (including phenoxy) is 1. The first-order valence-electron chi connectivity index (χ1n) is 8.35. The zero-order valence-corrected chi connectivity index (χ0v) is 16.3. The Morgan fingerprint density at radius 3 is 2.54 bits per heavy atom. The molecule has 0 fully saturated rings. The lowest BCUT2D eigenvalue weighted by Gasteiger charge is -2.08. The maximum atomic E-state index is 13.3. The van der Waals surface area contributed by atoms with Gasteiger partial charge in [-0.2, -0.15) is 0 Å². The minimum atomic E-state index is -0.466. The fraction of sp³-hybridized carbons (Fsp3) is 0.0476. The lowest BCUT2D eigenvalue weighted by Crippen LogP contribution is -2.01. The number of carbonyl (C=O) groups is 1. The van der Waals surface area contributed by atoms with Crippen molar-refractivity contribution in [3.63, 3.8) is 0 Å². The first-order valence-corrected chi connectivity index (χ1v) is 9.54. The van der Waals surface area contributed by atoms with Gasteiger partial charge in [0.15, 0.2) is 5.13 Å². The third-order valence-corrected chi connectivity index (χ3v) is 5.44. The molecule has 0 radical (unpaired) electrons. The fourth-order valence-corrected chi connectivity index (χ4v) is 3.96. The predicted octanol–water partition coefficient (Wildman–Crippen LogP) is 6.29. The monoisotopic (exact) mass is 412 g/mol. The predicted molar refractivity (Wildman–Crippen MR) is 111 cm³/mol. The highest BCUT2D eigenvalue weighted by Crippen LogP contribution is 2.31. The topological polar surface area (TPSA) is 51.2 Å². The van der Waals surface area contributed by atoms with Crippen molar-refractivity contribution in [2.24, 2.45) is 0 Å². The molecule has 28 heavy (non-hydrogen) atoms. The highest BCUT2D eigenvalue weighted by Gasteiger charge is 2.12. The van der Waals surface area contributed by atoms with Gasteiger partial charge in [-0.05, 0) is 53.6 Å². The molecule has 1 N–H and O–H groups in total. The first-order chi connectivity index (χ1) is 13.5. The molecule has 4 rings (SSSR count). The molecule has 0 spiro atoms. The summed E-state index contributed by atoms with van der Waals surface area (Å²) < 4.78 is 18.8. The fourth-order valence-electron chi connectivity index (χ4n) is 2.79. The number of hydrogen-bond acceptors (Lipinski definition) is 5. The zero-order chi connectivity index (χ0) is 19.7. The lowest BCUT2D eigenvalue weighted by molar-refractivity contribution is 0.0601. The van der Waals surface area contributed by atoms with E-state index < -0.39 is 5.97 Å². The Kier molecular flexibility index (Phi) is 4.98. The van der Waals surface area contributed by atoms with E-state index in [-0.39, 0.29) is 5.82 Å². The van der Waals surface area contributed by atoms with Crippen LogP contribution in [0.2, 0.25) is 5.02 Å². The number of benzene rings is 3. The Bertz CT molecular complexity index is 1170. The van der Waals surface area contributed by atoms with Gasteiger partial charge in [0.05, 0.1) is 27.9 Å². The molecule has 0 saturated heterocycles. The summed E-state index contributed by atoms with van der Waals surface area (Å²) in [5.74, 6) is -0.740. The second-order valence-electron chi connectivity index (χ2n) is 6.02. The first kappa shape index (κ1) is 18.4. The molecule has 0 unspecified atom stereocenters. The molecule has 0 saturated carbocycles. The molecule has 140 valence electrons. The molecule has 1 aromatic heterocycles. The van der Waals surface area contributed by atoms with Gasteiger partial charge in [0.2, 0.25) is 0 Å². The van der Waals surface area contributed by atoms with Crippen LogP contribution in [-0.2, 0) is 4.74 Å². The Hall–Kier alpha value is -2.96. The van der Waals surface area contributed by atoms with E-state index in [0.717, 1.165) is 27.0 Å². The molecule has 0 amide bonds. The highest BCUT2D eigenvalue weighted by atomic mass is 35.5. The van der Waals surface area contributed by atoms with Crippen LogP contribution in [0.25, 0.3) is 21.3 Å². The van der Waals surface area contributed by atoms with E-state index in [1.165, 1.54) is 30.6 Å². The smallest absolute Gasteiger partial charge is 0.339 e. The SMILES string of the molecule is COC(=O)c1ccc(-c2ccc(Nc3nc4ccc(F)cc4s3)cc2)cc1Cl. The quantitative estimate of drug-likeness (QED) is 0.400. The number of methoxy groups -OCH3 is 1. The van der Waals surface area contributed by atoms with E-state index in [1.54, 1.807) is 18.2 Å². The molecule has 0 aliphatic rings. The van der Waals surface area contributed by atoms with Gasteiger partial charge in [-0.15, -0.1) is 0 Å². The van der Waals surface area contributed by atoms with Crippen LogP contribution in [0, 0.1) is 5.82 Å². The van der Waals surface area contributed by atoms with Crippen LogP contribution in [0.5, 0.6) is 0 Å². The second kappa shape index (κ2) is 7.58. The largest absolute Gasteiger partial charge is 0.465 e. The van der Waals surface area contributed by atoms with Crippen molar-refractivity contribution in [1.29, 1.82) is 0 Å². The number of esters is 1. The van der Waals surface area contributed by atoms with Crippen molar-refractivity contribution in [3.05, 3.63) is 77.1 Å². The summed E-state index contributed by atoms with van der Waals surface area (Å²) in [5, 5.41) is 4.27. The van der Waals surface area contributed by atoms with Gasteiger partial charge in [0.1, 0.15) is 5.82 Å². The maximum Gasteiger partial charge on any atom is 0.339 e. The number of rotatable bonds is 4. The molecule has 4 nitrogen and oxygen atoms in total. The van der Waals surface area contributed by atoms with Gasteiger partial charge in [-0.1, -0.05) is 41.1 Å². The van der Waals surface area contributed by atoms with E-state index in [2.05, 4.69) is 10.3 Å². The molecule has 7 heteroatoms. The van der Waals surface area contributed by atoms with Crippen LogP contribution in [-0.4, -0.2) is 18.1 Å². The molecule has 0 bridgehead atoms. The van der Waals surface area contributed by atoms with Gasteiger partial charge in [0, 0.05) is 5.69 Å². The molecule has 3 aromatic carbocycles. The maximum absolute atomic E-state index is 13.3. The molecule has 0 atom stereocenters. The average Bonchev–Trinajstić information content (AvgIpc) is 3.09. The Balaban J connectivity index is 1.55. The minimum Gasteiger partial charge on any atom is -0.465 e. The van der Waals surface area contributed by atoms with Crippen molar-refractivity contribution in [1.82, 2.24) is 4.98 Å². The van der Waals surface area contributed by atoms with Crippen molar-refractivity contribution >= 4 is 49.9 Å². The van der Waals surface area contributed by atoms with Crippen molar-refractivity contribution < 1.29 is 13.9 Å². The van der Waals surface area contributed by atoms with Gasteiger partial charge in [0.25, 0.3) is 0 Å². The summed E-state index contributed by atoms with van der Waals surface area (Å²) >= 11 is 7.59. The van der Waals surface area contributed by atoms with E-state index in [9.17, 15) is 9.18 Å². The van der Waals surface area contributed by atoms with Crippen LogP contribution in [0.3, 0.4) is 0 Å². The van der Waals surface area contributed by atoms with Gasteiger partial charge >= 0.3 is 5.97 Å². The average molecular weight is 413 g/mol. The van der Waals surface area contributed by atoms with E-state index in [0.29, 0.717) is 15.7 Å². The summed E-state index contributed by atoms with van der Waals surface area (Å²) in [6.07, 6.45) is 0. The Morgan fingerprint density at radius 2 is 1.82 bits per heavy atom. The molecule has 0 aliphatic carbocycles. The third-order valence-electron chi connectivity index (χ3n) is 4.19. The number of aromatic nitrogens is 1. The Labute approximate surface area is 169 Å². The number of halogens is 2. The summed E-state index contributed by atoms with van der Waals surface area (Å²) in [7, 11) is 1.32. The third kappa shape index (κ3) is 3.69. The van der Waals surface area contributed by atoms with Crippen molar-refractivity contribution in [3.8, 4) is 11.1 Å². The number of nitrogens with zero attached hydrogens (tertiary/aromatic N) is 1.